The number of aromatic nitrogens is 1. The fourth-order valence-corrected chi connectivity index (χ4v) is 4.31. The zero-order valence-corrected chi connectivity index (χ0v) is 14.3. The van der Waals surface area contributed by atoms with Crippen LogP contribution in [0.2, 0.25) is 0 Å². The Morgan fingerprint density at radius 2 is 1.36 bits per heavy atom. The molecule has 0 bridgehead atoms. The molecule has 4 aromatic rings. The van der Waals surface area contributed by atoms with Crippen LogP contribution < -0.4 is 16.4 Å². The van der Waals surface area contributed by atoms with Crippen LogP contribution in [-0.2, 0) is 5.41 Å². The Hall–Kier alpha value is -2.35. The van der Waals surface area contributed by atoms with Crippen LogP contribution in [0.15, 0.2) is 48.5 Å². The maximum absolute atomic E-state index is 6.27. The highest BCUT2D eigenvalue weighted by Crippen LogP contribution is 2.46. The van der Waals surface area contributed by atoms with Gasteiger partial charge in [0.25, 0.3) is 0 Å². The average molecular weight is 313 g/mol. The molecular formula is C21H14B3N. The van der Waals surface area contributed by atoms with E-state index < -0.39 is 0 Å². The smallest absolute Gasteiger partial charge is 0.113 e. The summed E-state index contributed by atoms with van der Waals surface area (Å²) in [4.78, 5) is 0. The summed E-state index contributed by atoms with van der Waals surface area (Å²) in [5, 5.41) is 2.27. The van der Waals surface area contributed by atoms with Gasteiger partial charge < -0.3 is 4.57 Å². The van der Waals surface area contributed by atoms with Crippen molar-refractivity contribution >= 4 is 61.7 Å². The highest BCUT2D eigenvalue weighted by atomic mass is 15.0. The number of fused-ring (bicyclic) bond motifs is 5. The van der Waals surface area contributed by atoms with Gasteiger partial charge >= 0.3 is 0 Å². The van der Waals surface area contributed by atoms with Gasteiger partial charge in [-0.15, -0.1) is 0 Å². The summed E-state index contributed by atoms with van der Waals surface area (Å²) in [6.45, 7) is 4.46. The van der Waals surface area contributed by atoms with Crippen LogP contribution >= 0.6 is 0 Å². The van der Waals surface area contributed by atoms with Gasteiger partial charge in [-0.25, -0.2) is 0 Å². The Bertz CT molecular complexity index is 1200. The minimum absolute atomic E-state index is 0.186. The minimum atomic E-state index is -0.186. The van der Waals surface area contributed by atoms with E-state index in [1.165, 1.54) is 22.3 Å². The van der Waals surface area contributed by atoms with Crippen LogP contribution in [0.5, 0.6) is 0 Å². The molecule has 1 aliphatic rings. The van der Waals surface area contributed by atoms with Crippen molar-refractivity contribution in [3.8, 4) is 5.69 Å². The first kappa shape index (κ1) is 15.0. The first-order valence-electron chi connectivity index (χ1n) is 8.42. The lowest BCUT2D eigenvalue weighted by molar-refractivity contribution is 0.631. The van der Waals surface area contributed by atoms with E-state index in [1.807, 2.05) is 18.2 Å². The second-order valence-corrected chi connectivity index (χ2v) is 7.48. The van der Waals surface area contributed by atoms with E-state index in [0.717, 1.165) is 32.7 Å². The fourth-order valence-electron chi connectivity index (χ4n) is 4.31. The molecule has 0 saturated heterocycles. The van der Waals surface area contributed by atoms with Crippen molar-refractivity contribution in [2.24, 2.45) is 0 Å². The fraction of sp³-hybridized carbons (Fsp3) is 0.143. The van der Waals surface area contributed by atoms with Crippen molar-refractivity contribution in [1.29, 1.82) is 0 Å². The highest BCUT2D eigenvalue weighted by molar-refractivity contribution is 6.36. The molecule has 0 fully saturated rings. The lowest BCUT2D eigenvalue weighted by Gasteiger charge is -2.35. The zero-order valence-electron chi connectivity index (χ0n) is 14.3. The maximum Gasteiger partial charge on any atom is 0.113 e. The van der Waals surface area contributed by atoms with Gasteiger partial charge in [-0.3, -0.25) is 0 Å². The van der Waals surface area contributed by atoms with Gasteiger partial charge in [0.15, 0.2) is 0 Å². The third-order valence-electron chi connectivity index (χ3n) is 5.52. The molecule has 0 N–H and O–H groups in total. The standard InChI is InChI=1S/C21H14B3N/c1-21(2)16-9-12(23)4-6-19(16)25-18-5-3-11(22)7-14(18)15-8-13(24)10-17(21)20(15)25/h3-10H,1-2H3. The van der Waals surface area contributed by atoms with Crippen molar-refractivity contribution in [3.63, 3.8) is 0 Å². The van der Waals surface area contributed by atoms with Gasteiger partial charge in [0.1, 0.15) is 23.5 Å². The number of benzene rings is 3. The van der Waals surface area contributed by atoms with Gasteiger partial charge in [0.05, 0.1) is 16.7 Å². The van der Waals surface area contributed by atoms with Gasteiger partial charge in [0, 0.05) is 16.2 Å². The molecule has 6 radical (unpaired) electrons. The van der Waals surface area contributed by atoms with Crippen LogP contribution in [0.4, 0.5) is 0 Å². The predicted octanol–water partition coefficient (Wildman–Crippen LogP) is 1.80. The second kappa shape index (κ2) is 4.63. The molecule has 0 saturated carbocycles. The summed E-state index contributed by atoms with van der Waals surface area (Å²) in [5.74, 6) is 0. The summed E-state index contributed by atoms with van der Waals surface area (Å²) in [7, 11) is 18.4. The topological polar surface area (TPSA) is 4.93 Å². The monoisotopic (exact) mass is 313 g/mol. The summed E-state index contributed by atoms with van der Waals surface area (Å²) in [6.07, 6.45) is 0. The Labute approximate surface area is 151 Å². The largest absolute Gasteiger partial charge is 0.309 e. The molecule has 2 heterocycles. The summed E-state index contributed by atoms with van der Waals surface area (Å²) in [6, 6.07) is 16.4. The van der Waals surface area contributed by atoms with Gasteiger partial charge in [0.2, 0.25) is 0 Å². The van der Waals surface area contributed by atoms with Crippen molar-refractivity contribution < 1.29 is 0 Å². The first-order valence-corrected chi connectivity index (χ1v) is 8.42. The average Bonchev–Trinajstić information content (AvgIpc) is 2.87. The van der Waals surface area contributed by atoms with Crippen LogP contribution in [-0.4, -0.2) is 28.1 Å². The van der Waals surface area contributed by atoms with Gasteiger partial charge in [-0.2, -0.15) is 0 Å². The van der Waals surface area contributed by atoms with Crippen LogP contribution in [0.3, 0.4) is 0 Å². The second-order valence-electron chi connectivity index (χ2n) is 7.48. The van der Waals surface area contributed by atoms with E-state index in [4.69, 9.17) is 23.5 Å². The zero-order chi connectivity index (χ0) is 17.5. The molecule has 0 spiro atoms. The van der Waals surface area contributed by atoms with E-state index >= 15 is 0 Å². The van der Waals surface area contributed by atoms with E-state index in [2.05, 4.69) is 48.7 Å². The van der Waals surface area contributed by atoms with Crippen molar-refractivity contribution in [3.05, 3.63) is 59.7 Å². The van der Waals surface area contributed by atoms with Crippen LogP contribution in [0.1, 0.15) is 25.0 Å². The molecular weight excluding hydrogens is 299 g/mol. The van der Waals surface area contributed by atoms with Crippen molar-refractivity contribution in [1.82, 2.24) is 4.57 Å². The lowest BCUT2D eigenvalue weighted by Crippen LogP contribution is -2.29. The summed E-state index contributed by atoms with van der Waals surface area (Å²) >= 11 is 0. The third-order valence-corrected chi connectivity index (χ3v) is 5.52. The molecule has 0 amide bonds. The predicted molar refractivity (Wildman–Crippen MR) is 109 cm³/mol. The van der Waals surface area contributed by atoms with Crippen molar-refractivity contribution in [2.75, 3.05) is 0 Å². The summed E-state index contributed by atoms with van der Waals surface area (Å²) in [5.41, 5.74) is 8.05. The molecule has 4 heteroatoms. The van der Waals surface area contributed by atoms with Crippen molar-refractivity contribution in [2.45, 2.75) is 19.3 Å². The molecule has 25 heavy (non-hydrogen) atoms. The highest BCUT2D eigenvalue weighted by Gasteiger charge is 2.35. The molecule has 112 valence electrons. The van der Waals surface area contributed by atoms with Crippen LogP contribution in [0.25, 0.3) is 27.5 Å². The molecule has 1 nitrogen and oxygen atoms in total. The van der Waals surface area contributed by atoms with E-state index in [-0.39, 0.29) is 5.41 Å². The lowest BCUT2D eigenvalue weighted by atomic mass is 9.72. The molecule has 5 rings (SSSR count). The third kappa shape index (κ3) is 1.83. The number of hydrogen-bond acceptors (Lipinski definition) is 0. The molecule has 0 atom stereocenters. The van der Waals surface area contributed by atoms with E-state index in [0.29, 0.717) is 0 Å². The summed E-state index contributed by atoms with van der Waals surface area (Å²) < 4.78 is 2.32. The Morgan fingerprint density at radius 3 is 2.16 bits per heavy atom. The van der Waals surface area contributed by atoms with E-state index in [9.17, 15) is 0 Å². The molecule has 1 aliphatic heterocycles. The number of nitrogens with zero attached hydrogens (tertiary/aromatic N) is 1. The number of rotatable bonds is 0. The molecule has 1 aromatic heterocycles. The Kier molecular flexibility index (Phi) is 2.77. The van der Waals surface area contributed by atoms with E-state index in [1.54, 1.807) is 0 Å². The minimum Gasteiger partial charge on any atom is -0.309 e. The SMILES string of the molecule is [B]c1ccc2c(c1)C(C)(C)c1cc([B])cc3c4cc([B])ccc4n-2c13. The Balaban J connectivity index is 2.11. The normalized spacial score (nSPS) is 14.8. The quantitative estimate of drug-likeness (QED) is 0.436. The van der Waals surface area contributed by atoms with Gasteiger partial charge in [-0.1, -0.05) is 66.6 Å². The first-order chi connectivity index (χ1) is 11.9. The van der Waals surface area contributed by atoms with Crippen LogP contribution in [0, 0.1) is 0 Å². The van der Waals surface area contributed by atoms with Gasteiger partial charge in [-0.05, 0) is 23.3 Å². The Morgan fingerprint density at radius 1 is 0.720 bits per heavy atom. The molecule has 3 aromatic carbocycles. The molecule has 0 aliphatic carbocycles. The molecule has 0 unspecified atom stereocenters. The maximum atomic E-state index is 6.27. The number of hydrogen-bond donors (Lipinski definition) is 0.